The van der Waals surface area contributed by atoms with Crippen molar-refractivity contribution in [3.05, 3.63) is 35.4 Å². The lowest BCUT2D eigenvalue weighted by Gasteiger charge is -2.27. The largest absolute Gasteiger partial charge is 0.310 e. The number of nitrogens with one attached hydrogen (secondary N) is 1. The summed E-state index contributed by atoms with van der Waals surface area (Å²) in [5.41, 5.74) is 3.19. The van der Waals surface area contributed by atoms with Crippen LogP contribution in [0.4, 0.5) is 0 Å². The minimum Gasteiger partial charge on any atom is -0.310 e. The Hall–Kier alpha value is -0.820. The lowest BCUT2D eigenvalue weighted by Crippen LogP contribution is -2.25. The van der Waals surface area contributed by atoms with Crippen molar-refractivity contribution in [2.75, 3.05) is 6.54 Å². The van der Waals surface area contributed by atoms with E-state index in [9.17, 15) is 0 Å². The van der Waals surface area contributed by atoms with Gasteiger partial charge in [-0.15, -0.1) is 0 Å². The summed E-state index contributed by atoms with van der Waals surface area (Å²) in [4.78, 5) is 0. The van der Waals surface area contributed by atoms with Gasteiger partial charge in [0.1, 0.15) is 0 Å². The molecule has 1 N–H and O–H groups in total. The van der Waals surface area contributed by atoms with Crippen LogP contribution in [-0.2, 0) is 6.42 Å². The smallest absolute Gasteiger partial charge is 0.0325 e. The summed E-state index contributed by atoms with van der Waals surface area (Å²) in [6, 6.07) is 9.53. The highest BCUT2D eigenvalue weighted by Crippen LogP contribution is 2.29. The average Bonchev–Trinajstić information content (AvgIpc) is 2.27. The van der Waals surface area contributed by atoms with Crippen LogP contribution in [0.1, 0.15) is 58.2 Å². The highest BCUT2D eigenvalue weighted by Gasteiger charge is 2.19. The van der Waals surface area contributed by atoms with Gasteiger partial charge in [0, 0.05) is 6.04 Å². The summed E-state index contributed by atoms with van der Waals surface area (Å²) in [5.74, 6) is 0. The molecule has 1 rings (SSSR count). The fraction of sp³-hybridized carbons (Fsp3) is 0.625. The monoisotopic (exact) mass is 233 g/mol. The second kappa shape index (κ2) is 6.20. The van der Waals surface area contributed by atoms with Gasteiger partial charge in [0.15, 0.2) is 0 Å². The number of hydrogen-bond acceptors (Lipinski definition) is 1. The van der Waals surface area contributed by atoms with E-state index in [1.54, 1.807) is 0 Å². The van der Waals surface area contributed by atoms with E-state index in [2.05, 4.69) is 64.2 Å². The first-order valence-corrected chi connectivity index (χ1v) is 6.78. The Morgan fingerprint density at radius 1 is 1.06 bits per heavy atom. The van der Waals surface area contributed by atoms with Crippen LogP contribution in [-0.4, -0.2) is 6.54 Å². The molecule has 0 heterocycles. The number of benzene rings is 1. The lowest BCUT2D eigenvalue weighted by atomic mass is 9.85. The van der Waals surface area contributed by atoms with Gasteiger partial charge in [-0.2, -0.15) is 0 Å². The van der Waals surface area contributed by atoms with E-state index >= 15 is 0 Å². The van der Waals surface area contributed by atoms with Gasteiger partial charge in [0.2, 0.25) is 0 Å². The first-order chi connectivity index (χ1) is 7.96. The molecule has 0 fully saturated rings. The second-order valence-corrected chi connectivity index (χ2v) is 5.97. The molecule has 1 aromatic rings. The molecule has 0 spiro atoms. The van der Waals surface area contributed by atoms with Gasteiger partial charge in [-0.25, -0.2) is 0 Å². The van der Waals surface area contributed by atoms with E-state index in [0.29, 0.717) is 11.5 Å². The second-order valence-electron chi connectivity index (χ2n) is 5.97. The first-order valence-electron chi connectivity index (χ1n) is 6.78. The third-order valence-electron chi connectivity index (χ3n) is 3.06. The highest BCUT2D eigenvalue weighted by atomic mass is 14.9. The molecule has 1 unspecified atom stereocenters. The summed E-state index contributed by atoms with van der Waals surface area (Å²) < 4.78 is 0. The number of hydrogen-bond donors (Lipinski definition) is 1. The molecule has 0 aliphatic carbocycles. The van der Waals surface area contributed by atoms with E-state index < -0.39 is 0 Å². The topological polar surface area (TPSA) is 12.0 Å². The maximum atomic E-state index is 3.59. The van der Waals surface area contributed by atoms with Gasteiger partial charge in [-0.05, 0) is 35.9 Å². The zero-order valence-corrected chi connectivity index (χ0v) is 12.0. The molecule has 0 aromatic heterocycles. The van der Waals surface area contributed by atoms with Crippen molar-refractivity contribution in [2.45, 2.75) is 53.5 Å². The fourth-order valence-electron chi connectivity index (χ4n) is 2.15. The highest BCUT2D eigenvalue weighted by molar-refractivity contribution is 5.25. The van der Waals surface area contributed by atoms with Crippen LogP contribution in [0.25, 0.3) is 0 Å². The van der Waals surface area contributed by atoms with Crippen LogP contribution >= 0.6 is 0 Å². The van der Waals surface area contributed by atoms with Crippen LogP contribution in [0.3, 0.4) is 0 Å². The molecule has 0 saturated heterocycles. The van der Waals surface area contributed by atoms with Crippen molar-refractivity contribution >= 4 is 0 Å². The zero-order chi connectivity index (χ0) is 12.9. The van der Waals surface area contributed by atoms with Crippen LogP contribution in [0.5, 0.6) is 0 Å². The maximum Gasteiger partial charge on any atom is 0.0325 e. The van der Waals surface area contributed by atoms with Crippen molar-refractivity contribution in [1.82, 2.24) is 5.32 Å². The summed E-state index contributed by atoms with van der Waals surface area (Å²) in [6.07, 6.45) is 2.29. The molecule has 0 aliphatic heterocycles. The number of aryl methyl sites for hydroxylation is 1. The van der Waals surface area contributed by atoms with Crippen LogP contribution < -0.4 is 5.32 Å². The SMILES string of the molecule is CCNC(CC(C)(C)C)c1ccc(CC)cc1. The zero-order valence-electron chi connectivity index (χ0n) is 12.0. The first kappa shape index (κ1) is 14.2. The molecule has 1 aromatic carbocycles. The Bertz CT molecular complexity index is 318. The molecule has 0 bridgehead atoms. The minimum absolute atomic E-state index is 0.357. The molecular weight excluding hydrogens is 206 g/mol. The third kappa shape index (κ3) is 4.91. The molecule has 0 saturated carbocycles. The molecular formula is C16H27N. The van der Waals surface area contributed by atoms with Crippen molar-refractivity contribution < 1.29 is 0 Å². The summed E-state index contributed by atoms with van der Waals surface area (Å²) in [7, 11) is 0. The lowest BCUT2D eigenvalue weighted by molar-refractivity contribution is 0.314. The molecule has 0 radical (unpaired) electrons. The quantitative estimate of drug-likeness (QED) is 0.798. The van der Waals surface area contributed by atoms with Crippen LogP contribution in [0, 0.1) is 5.41 Å². The van der Waals surface area contributed by atoms with Crippen molar-refractivity contribution in [3.63, 3.8) is 0 Å². The average molecular weight is 233 g/mol. The van der Waals surface area contributed by atoms with Crippen molar-refractivity contribution in [1.29, 1.82) is 0 Å². The Kier molecular flexibility index (Phi) is 5.20. The minimum atomic E-state index is 0.357. The Morgan fingerprint density at radius 2 is 1.65 bits per heavy atom. The summed E-state index contributed by atoms with van der Waals surface area (Å²) in [6.45, 7) is 12.3. The van der Waals surface area contributed by atoms with E-state index in [4.69, 9.17) is 0 Å². The van der Waals surface area contributed by atoms with E-state index in [-0.39, 0.29) is 0 Å². The predicted octanol–water partition coefficient (Wildman–Crippen LogP) is 4.34. The van der Waals surface area contributed by atoms with E-state index in [1.165, 1.54) is 17.5 Å². The van der Waals surface area contributed by atoms with Crippen molar-refractivity contribution in [2.24, 2.45) is 5.41 Å². The molecule has 0 amide bonds. The fourth-order valence-corrected chi connectivity index (χ4v) is 2.15. The molecule has 1 atom stereocenters. The van der Waals surface area contributed by atoms with Gasteiger partial charge in [0.05, 0.1) is 0 Å². The molecule has 1 heteroatoms. The van der Waals surface area contributed by atoms with Crippen molar-refractivity contribution in [3.8, 4) is 0 Å². The maximum absolute atomic E-state index is 3.59. The van der Waals surface area contributed by atoms with Gasteiger partial charge in [-0.1, -0.05) is 58.9 Å². The summed E-state index contributed by atoms with van der Waals surface area (Å²) >= 11 is 0. The van der Waals surface area contributed by atoms with E-state index in [1.807, 2.05) is 0 Å². The Labute approximate surface area is 107 Å². The Balaban J connectivity index is 2.81. The predicted molar refractivity (Wildman–Crippen MR) is 76.3 cm³/mol. The number of rotatable bonds is 5. The standard InChI is InChI=1S/C16H27N/c1-6-13-8-10-14(11-9-13)15(17-7-2)12-16(3,4)5/h8-11,15,17H,6-7,12H2,1-5H3. The molecule has 0 aliphatic rings. The Morgan fingerprint density at radius 3 is 2.06 bits per heavy atom. The van der Waals surface area contributed by atoms with Gasteiger partial charge in [-0.3, -0.25) is 0 Å². The normalized spacial score (nSPS) is 13.7. The van der Waals surface area contributed by atoms with Crippen LogP contribution in [0.15, 0.2) is 24.3 Å². The molecule has 1 nitrogen and oxygen atoms in total. The molecule has 17 heavy (non-hydrogen) atoms. The van der Waals surface area contributed by atoms with Gasteiger partial charge < -0.3 is 5.32 Å². The molecule has 96 valence electrons. The van der Waals surface area contributed by atoms with Gasteiger partial charge in [0.25, 0.3) is 0 Å². The third-order valence-corrected chi connectivity index (χ3v) is 3.06. The summed E-state index contributed by atoms with van der Waals surface area (Å²) in [5, 5.41) is 3.59. The van der Waals surface area contributed by atoms with E-state index in [0.717, 1.165) is 13.0 Å². The van der Waals surface area contributed by atoms with Gasteiger partial charge >= 0.3 is 0 Å². The van der Waals surface area contributed by atoms with Crippen LogP contribution in [0.2, 0.25) is 0 Å².